The van der Waals surface area contributed by atoms with E-state index in [0.29, 0.717) is 4.88 Å². The van der Waals surface area contributed by atoms with Crippen LogP contribution in [-0.2, 0) is 4.79 Å². The Labute approximate surface area is 96.7 Å². The lowest BCUT2D eigenvalue weighted by molar-refractivity contribution is -0.146. The van der Waals surface area contributed by atoms with Crippen molar-refractivity contribution in [2.45, 2.75) is 19.4 Å². The van der Waals surface area contributed by atoms with Gasteiger partial charge in [0.1, 0.15) is 0 Å². The van der Waals surface area contributed by atoms with Gasteiger partial charge in [0.25, 0.3) is 5.91 Å². The fourth-order valence-corrected chi connectivity index (χ4v) is 1.97. The number of carboxylic acids is 1. The summed E-state index contributed by atoms with van der Waals surface area (Å²) in [5.41, 5.74) is 0.890. The predicted molar refractivity (Wildman–Crippen MR) is 59.6 cm³/mol. The summed E-state index contributed by atoms with van der Waals surface area (Å²) >= 11 is 1.33. The van der Waals surface area contributed by atoms with Gasteiger partial charge in [0.15, 0.2) is 6.10 Å². The lowest BCUT2D eigenvalue weighted by Crippen LogP contribution is -2.29. The summed E-state index contributed by atoms with van der Waals surface area (Å²) < 4.78 is 0. The van der Waals surface area contributed by atoms with E-state index in [-0.39, 0.29) is 18.9 Å². The van der Waals surface area contributed by atoms with Crippen molar-refractivity contribution in [1.29, 1.82) is 0 Å². The van der Waals surface area contributed by atoms with Crippen molar-refractivity contribution in [2.75, 3.05) is 6.54 Å². The molecule has 1 unspecified atom stereocenters. The Bertz CT molecular complexity index is 388. The molecular formula is C10H13NO4S. The van der Waals surface area contributed by atoms with E-state index in [9.17, 15) is 9.59 Å². The number of hydrogen-bond acceptors (Lipinski definition) is 4. The van der Waals surface area contributed by atoms with E-state index in [0.717, 1.165) is 5.56 Å². The van der Waals surface area contributed by atoms with Crippen LogP contribution >= 0.6 is 11.3 Å². The molecule has 1 aromatic rings. The number of carbonyl (C=O) groups is 2. The second kappa shape index (κ2) is 5.62. The quantitative estimate of drug-likeness (QED) is 0.707. The highest BCUT2D eigenvalue weighted by Crippen LogP contribution is 2.14. The van der Waals surface area contributed by atoms with Crippen molar-refractivity contribution >= 4 is 23.2 Å². The van der Waals surface area contributed by atoms with E-state index >= 15 is 0 Å². The molecule has 0 aliphatic carbocycles. The van der Waals surface area contributed by atoms with E-state index in [1.807, 2.05) is 18.4 Å². The van der Waals surface area contributed by atoms with Crippen LogP contribution in [0.15, 0.2) is 11.4 Å². The third-order valence-corrected chi connectivity index (χ3v) is 3.07. The standard InChI is InChI=1S/C10H13NO4S/c1-6-3-5-16-8(6)9(13)11-4-2-7(12)10(14)15/h3,5,7,12H,2,4H2,1H3,(H,11,13)(H,14,15). The highest BCUT2D eigenvalue weighted by molar-refractivity contribution is 7.12. The van der Waals surface area contributed by atoms with Crippen LogP contribution in [0.1, 0.15) is 21.7 Å². The zero-order chi connectivity index (χ0) is 12.1. The number of rotatable bonds is 5. The monoisotopic (exact) mass is 243 g/mol. The van der Waals surface area contributed by atoms with E-state index in [1.54, 1.807) is 0 Å². The van der Waals surface area contributed by atoms with E-state index in [4.69, 9.17) is 10.2 Å². The van der Waals surface area contributed by atoms with Crippen LogP contribution in [0, 0.1) is 6.92 Å². The van der Waals surface area contributed by atoms with Gasteiger partial charge < -0.3 is 15.5 Å². The van der Waals surface area contributed by atoms with Gasteiger partial charge in [-0.1, -0.05) is 0 Å². The number of carboxylic acid groups (broad SMARTS) is 1. The lowest BCUT2D eigenvalue weighted by Gasteiger charge is -2.06. The predicted octanol–water partition coefficient (Wildman–Crippen LogP) is 0.622. The van der Waals surface area contributed by atoms with Gasteiger partial charge in [0, 0.05) is 13.0 Å². The number of amides is 1. The number of hydrogen-bond donors (Lipinski definition) is 3. The Morgan fingerprint density at radius 2 is 2.25 bits per heavy atom. The molecule has 0 fully saturated rings. The first-order valence-corrected chi connectivity index (χ1v) is 5.63. The zero-order valence-corrected chi connectivity index (χ0v) is 9.58. The van der Waals surface area contributed by atoms with Crippen molar-refractivity contribution in [2.24, 2.45) is 0 Å². The smallest absolute Gasteiger partial charge is 0.332 e. The first-order chi connectivity index (χ1) is 7.52. The van der Waals surface area contributed by atoms with Crippen LogP contribution in [0.4, 0.5) is 0 Å². The summed E-state index contributed by atoms with van der Waals surface area (Å²) in [5, 5.41) is 21.8. The molecule has 1 amide bonds. The number of thiophene rings is 1. The summed E-state index contributed by atoms with van der Waals surface area (Å²) in [7, 11) is 0. The number of carbonyl (C=O) groups excluding carboxylic acids is 1. The van der Waals surface area contributed by atoms with Crippen molar-refractivity contribution in [1.82, 2.24) is 5.32 Å². The average molecular weight is 243 g/mol. The van der Waals surface area contributed by atoms with Gasteiger partial charge >= 0.3 is 5.97 Å². The van der Waals surface area contributed by atoms with Crippen LogP contribution in [0.25, 0.3) is 0 Å². The number of aryl methyl sites for hydroxylation is 1. The SMILES string of the molecule is Cc1ccsc1C(=O)NCCC(O)C(=O)O. The fourth-order valence-electron chi connectivity index (χ4n) is 1.13. The topological polar surface area (TPSA) is 86.6 Å². The zero-order valence-electron chi connectivity index (χ0n) is 8.77. The first kappa shape index (κ1) is 12.7. The minimum absolute atomic E-state index is 0.00545. The lowest BCUT2D eigenvalue weighted by atomic mass is 10.2. The molecule has 0 bridgehead atoms. The summed E-state index contributed by atoms with van der Waals surface area (Å²) in [4.78, 5) is 22.5. The second-order valence-corrected chi connectivity index (χ2v) is 4.25. The Balaban J connectivity index is 2.37. The normalized spacial score (nSPS) is 12.1. The van der Waals surface area contributed by atoms with Crippen molar-refractivity contribution < 1.29 is 19.8 Å². The van der Waals surface area contributed by atoms with Crippen LogP contribution in [0.3, 0.4) is 0 Å². The highest BCUT2D eigenvalue weighted by atomic mass is 32.1. The van der Waals surface area contributed by atoms with Gasteiger partial charge in [-0.25, -0.2) is 4.79 Å². The summed E-state index contributed by atoms with van der Waals surface area (Å²) in [5.74, 6) is -1.51. The summed E-state index contributed by atoms with van der Waals surface area (Å²) in [6, 6.07) is 1.84. The molecule has 0 aliphatic rings. The molecule has 6 heteroatoms. The fraction of sp³-hybridized carbons (Fsp3) is 0.400. The highest BCUT2D eigenvalue weighted by Gasteiger charge is 2.14. The van der Waals surface area contributed by atoms with E-state index in [1.165, 1.54) is 11.3 Å². The molecule has 0 saturated carbocycles. The molecule has 0 radical (unpaired) electrons. The van der Waals surface area contributed by atoms with Crippen LogP contribution in [-0.4, -0.2) is 34.7 Å². The molecule has 88 valence electrons. The van der Waals surface area contributed by atoms with Crippen molar-refractivity contribution in [3.8, 4) is 0 Å². The maximum absolute atomic E-state index is 11.5. The van der Waals surface area contributed by atoms with Gasteiger partial charge in [-0.05, 0) is 23.9 Å². The van der Waals surface area contributed by atoms with Gasteiger partial charge in [0.2, 0.25) is 0 Å². The maximum atomic E-state index is 11.5. The number of nitrogens with one attached hydrogen (secondary N) is 1. The van der Waals surface area contributed by atoms with Gasteiger partial charge in [0.05, 0.1) is 4.88 Å². The Hall–Kier alpha value is -1.40. The maximum Gasteiger partial charge on any atom is 0.332 e. The number of aliphatic hydroxyl groups excluding tert-OH is 1. The van der Waals surface area contributed by atoms with Crippen LogP contribution in [0.5, 0.6) is 0 Å². The third kappa shape index (κ3) is 3.32. The molecule has 0 aromatic carbocycles. The number of aliphatic hydroxyl groups is 1. The first-order valence-electron chi connectivity index (χ1n) is 4.75. The molecule has 0 aliphatic heterocycles. The molecule has 1 atom stereocenters. The molecule has 1 heterocycles. The minimum Gasteiger partial charge on any atom is -0.479 e. The average Bonchev–Trinajstić information content (AvgIpc) is 2.64. The Morgan fingerprint density at radius 1 is 1.56 bits per heavy atom. The van der Waals surface area contributed by atoms with Gasteiger partial charge in [-0.3, -0.25) is 4.79 Å². The van der Waals surface area contributed by atoms with Gasteiger partial charge in [-0.2, -0.15) is 0 Å². The van der Waals surface area contributed by atoms with Crippen molar-refractivity contribution in [3.63, 3.8) is 0 Å². The summed E-state index contributed by atoms with van der Waals surface area (Å²) in [6.45, 7) is 1.97. The molecule has 0 saturated heterocycles. The van der Waals surface area contributed by atoms with E-state index < -0.39 is 12.1 Å². The molecule has 3 N–H and O–H groups in total. The minimum atomic E-state index is -1.43. The Kier molecular flexibility index (Phi) is 4.45. The molecule has 1 aromatic heterocycles. The van der Waals surface area contributed by atoms with Crippen molar-refractivity contribution in [3.05, 3.63) is 21.9 Å². The Morgan fingerprint density at radius 3 is 2.75 bits per heavy atom. The van der Waals surface area contributed by atoms with Crippen LogP contribution in [0.2, 0.25) is 0 Å². The van der Waals surface area contributed by atoms with E-state index in [2.05, 4.69) is 5.32 Å². The molecule has 16 heavy (non-hydrogen) atoms. The largest absolute Gasteiger partial charge is 0.479 e. The molecule has 0 spiro atoms. The molecule has 1 rings (SSSR count). The number of aliphatic carboxylic acids is 1. The summed E-state index contributed by atoms with van der Waals surface area (Å²) in [6.07, 6.45) is -1.42. The molecule has 5 nitrogen and oxygen atoms in total. The molecular weight excluding hydrogens is 230 g/mol. The van der Waals surface area contributed by atoms with Crippen LogP contribution < -0.4 is 5.32 Å². The van der Waals surface area contributed by atoms with Gasteiger partial charge in [-0.15, -0.1) is 11.3 Å². The second-order valence-electron chi connectivity index (χ2n) is 3.33. The third-order valence-electron chi connectivity index (χ3n) is 2.06.